The molecule has 1 aromatic heterocycles. The van der Waals surface area contributed by atoms with Gasteiger partial charge in [-0.25, -0.2) is 0 Å². The van der Waals surface area contributed by atoms with E-state index in [9.17, 15) is 4.79 Å². The molecular formula is C13H7Cl3OS. The number of hydrogen-bond acceptors (Lipinski definition) is 2. The molecule has 5 heteroatoms. The molecule has 0 N–H and O–H groups in total. The Labute approximate surface area is 124 Å². The SMILES string of the molecule is O=C(/C=C/c1sc(Cl)c(Cl)c1Cl)c1ccccc1. The van der Waals surface area contributed by atoms with Crippen LogP contribution < -0.4 is 0 Å². The van der Waals surface area contributed by atoms with Crippen molar-refractivity contribution < 1.29 is 4.79 Å². The minimum absolute atomic E-state index is 0.0905. The highest BCUT2D eigenvalue weighted by atomic mass is 35.5. The molecule has 0 aliphatic carbocycles. The maximum Gasteiger partial charge on any atom is 0.185 e. The van der Waals surface area contributed by atoms with Crippen LogP contribution in [0.25, 0.3) is 6.08 Å². The zero-order valence-corrected chi connectivity index (χ0v) is 12.1. The molecule has 2 aromatic rings. The molecule has 0 spiro atoms. The summed E-state index contributed by atoms with van der Waals surface area (Å²) >= 11 is 18.9. The lowest BCUT2D eigenvalue weighted by Crippen LogP contribution is -1.92. The predicted octanol–water partition coefficient (Wildman–Crippen LogP) is 5.60. The number of ketones is 1. The van der Waals surface area contributed by atoms with Crippen LogP contribution in [0.2, 0.25) is 14.4 Å². The van der Waals surface area contributed by atoms with E-state index in [1.54, 1.807) is 18.2 Å². The Kier molecular flexibility index (Phi) is 4.46. The molecule has 1 aromatic carbocycles. The van der Waals surface area contributed by atoms with Crippen LogP contribution in [0.15, 0.2) is 36.4 Å². The molecule has 2 rings (SSSR count). The quantitative estimate of drug-likeness (QED) is 0.531. The average molecular weight is 318 g/mol. The summed E-state index contributed by atoms with van der Waals surface area (Å²) in [5.74, 6) is -0.0905. The van der Waals surface area contributed by atoms with Gasteiger partial charge in [0.05, 0.1) is 10.0 Å². The number of allylic oxidation sites excluding steroid dienone is 1. The van der Waals surface area contributed by atoms with Gasteiger partial charge < -0.3 is 0 Å². The molecule has 92 valence electrons. The largest absolute Gasteiger partial charge is 0.289 e. The zero-order valence-electron chi connectivity index (χ0n) is 8.99. The van der Waals surface area contributed by atoms with E-state index in [2.05, 4.69) is 0 Å². The van der Waals surface area contributed by atoms with Crippen LogP contribution in [0, 0.1) is 0 Å². The van der Waals surface area contributed by atoms with Crippen molar-refractivity contribution >= 4 is 58.0 Å². The predicted molar refractivity (Wildman–Crippen MR) is 79.2 cm³/mol. The van der Waals surface area contributed by atoms with Gasteiger partial charge in [0.2, 0.25) is 0 Å². The third-order valence-electron chi connectivity index (χ3n) is 2.23. The van der Waals surface area contributed by atoms with Crippen LogP contribution in [0.1, 0.15) is 15.2 Å². The molecule has 0 saturated heterocycles. The lowest BCUT2D eigenvalue weighted by Gasteiger charge is -1.93. The molecule has 0 aliphatic heterocycles. The molecule has 1 heterocycles. The van der Waals surface area contributed by atoms with Gasteiger partial charge in [0.25, 0.3) is 0 Å². The second kappa shape index (κ2) is 5.89. The van der Waals surface area contributed by atoms with Crippen LogP contribution in [-0.4, -0.2) is 5.78 Å². The van der Waals surface area contributed by atoms with Gasteiger partial charge >= 0.3 is 0 Å². The minimum atomic E-state index is -0.0905. The van der Waals surface area contributed by atoms with Crippen molar-refractivity contribution in [3.8, 4) is 0 Å². The number of hydrogen-bond donors (Lipinski definition) is 0. The molecule has 0 aliphatic rings. The van der Waals surface area contributed by atoms with E-state index in [1.807, 2.05) is 18.2 Å². The number of rotatable bonds is 3. The second-order valence-electron chi connectivity index (χ2n) is 3.43. The van der Waals surface area contributed by atoms with Crippen molar-refractivity contribution in [1.29, 1.82) is 0 Å². The zero-order chi connectivity index (χ0) is 13.1. The van der Waals surface area contributed by atoms with Gasteiger partial charge in [0.15, 0.2) is 5.78 Å². The first-order valence-corrected chi connectivity index (χ1v) is 6.95. The monoisotopic (exact) mass is 316 g/mol. The first-order chi connectivity index (χ1) is 8.59. The Bertz CT molecular complexity index is 602. The van der Waals surface area contributed by atoms with Crippen molar-refractivity contribution in [2.75, 3.05) is 0 Å². The van der Waals surface area contributed by atoms with E-state index in [1.165, 1.54) is 17.4 Å². The van der Waals surface area contributed by atoms with Gasteiger partial charge in [0.1, 0.15) is 4.34 Å². The Morgan fingerprint density at radius 3 is 2.28 bits per heavy atom. The Hall–Kier alpha value is -0.800. The second-order valence-corrected chi connectivity index (χ2v) is 5.84. The fourth-order valence-electron chi connectivity index (χ4n) is 1.34. The summed E-state index contributed by atoms with van der Waals surface area (Å²) in [6.07, 6.45) is 3.08. The lowest BCUT2D eigenvalue weighted by molar-refractivity contribution is 0.104. The summed E-state index contributed by atoms with van der Waals surface area (Å²) in [5.41, 5.74) is 0.624. The smallest absolute Gasteiger partial charge is 0.185 e. The van der Waals surface area contributed by atoms with Crippen molar-refractivity contribution in [2.45, 2.75) is 0 Å². The van der Waals surface area contributed by atoms with Crippen molar-refractivity contribution in [2.24, 2.45) is 0 Å². The van der Waals surface area contributed by atoms with E-state index in [-0.39, 0.29) is 5.78 Å². The molecular weight excluding hydrogens is 311 g/mol. The normalized spacial score (nSPS) is 11.1. The average Bonchev–Trinajstić information content (AvgIpc) is 2.64. The topological polar surface area (TPSA) is 17.1 Å². The van der Waals surface area contributed by atoms with E-state index >= 15 is 0 Å². The molecule has 0 radical (unpaired) electrons. The minimum Gasteiger partial charge on any atom is -0.289 e. The summed E-state index contributed by atoms with van der Waals surface area (Å²) in [4.78, 5) is 12.5. The van der Waals surface area contributed by atoms with Crippen molar-refractivity contribution in [1.82, 2.24) is 0 Å². The van der Waals surface area contributed by atoms with Crippen LogP contribution in [0.3, 0.4) is 0 Å². The highest BCUT2D eigenvalue weighted by Crippen LogP contribution is 2.40. The summed E-state index contributed by atoms with van der Waals surface area (Å²) in [6.45, 7) is 0. The third kappa shape index (κ3) is 2.96. The third-order valence-corrected chi connectivity index (χ3v) is 4.78. The van der Waals surface area contributed by atoms with Gasteiger partial charge in [0, 0.05) is 10.4 Å². The Balaban J connectivity index is 2.21. The van der Waals surface area contributed by atoms with E-state index in [0.29, 0.717) is 24.8 Å². The molecule has 1 nitrogen and oxygen atoms in total. The van der Waals surface area contributed by atoms with Crippen LogP contribution in [0.5, 0.6) is 0 Å². The van der Waals surface area contributed by atoms with Crippen LogP contribution in [0.4, 0.5) is 0 Å². The van der Waals surface area contributed by atoms with Gasteiger partial charge in [-0.1, -0.05) is 65.1 Å². The summed E-state index contributed by atoms with van der Waals surface area (Å²) in [5, 5.41) is 0.707. The molecule has 18 heavy (non-hydrogen) atoms. The lowest BCUT2D eigenvalue weighted by atomic mass is 10.1. The maximum absolute atomic E-state index is 11.8. The summed E-state index contributed by atoms with van der Waals surface area (Å²) in [6, 6.07) is 8.99. The first kappa shape index (κ1) is 13.6. The molecule has 0 unspecified atom stereocenters. The van der Waals surface area contributed by atoms with Gasteiger partial charge in [-0.3, -0.25) is 4.79 Å². The standard InChI is InChI=1S/C13H7Cl3OS/c14-11-10(18-13(16)12(11)15)7-6-9(17)8-4-2-1-3-5-8/h1-7H/b7-6+. The molecule has 0 amide bonds. The first-order valence-electron chi connectivity index (χ1n) is 5.00. The highest BCUT2D eigenvalue weighted by Gasteiger charge is 2.11. The molecule has 0 atom stereocenters. The van der Waals surface area contributed by atoms with Gasteiger partial charge in [-0.15, -0.1) is 11.3 Å². The number of benzene rings is 1. The number of thiophene rings is 1. The molecule has 0 bridgehead atoms. The van der Waals surface area contributed by atoms with Gasteiger partial charge in [-0.2, -0.15) is 0 Å². The number of halogens is 3. The summed E-state index contributed by atoms with van der Waals surface area (Å²) < 4.78 is 0.425. The van der Waals surface area contributed by atoms with Crippen LogP contribution >= 0.6 is 46.1 Å². The fraction of sp³-hybridized carbons (Fsp3) is 0. The van der Waals surface area contributed by atoms with E-state index < -0.39 is 0 Å². The van der Waals surface area contributed by atoms with Gasteiger partial charge in [-0.05, 0) is 12.2 Å². The molecule has 0 fully saturated rings. The Morgan fingerprint density at radius 1 is 1.06 bits per heavy atom. The Morgan fingerprint density at radius 2 is 1.72 bits per heavy atom. The number of carbonyl (C=O) groups excluding carboxylic acids is 1. The maximum atomic E-state index is 11.8. The molecule has 0 saturated carbocycles. The van der Waals surface area contributed by atoms with Crippen molar-refractivity contribution in [3.63, 3.8) is 0 Å². The summed E-state index contributed by atoms with van der Waals surface area (Å²) in [7, 11) is 0. The van der Waals surface area contributed by atoms with Crippen LogP contribution in [-0.2, 0) is 0 Å². The highest BCUT2D eigenvalue weighted by molar-refractivity contribution is 7.18. The van der Waals surface area contributed by atoms with E-state index in [0.717, 1.165) is 0 Å². The fourth-order valence-corrected chi connectivity index (χ4v) is 3.05. The van der Waals surface area contributed by atoms with Crippen molar-refractivity contribution in [3.05, 3.63) is 61.2 Å². The van der Waals surface area contributed by atoms with E-state index in [4.69, 9.17) is 34.8 Å². The number of carbonyl (C=O) groups is 1.